The zero-order valence-corrected chi connectivity index (χ0v) is 18.7. The molecule has 0 aliphatic rings. The van der Waals surface area contributed by atoms with Gasteiger partial charge in [-0.15, -0.1) is 0 Å². The molecule has 162 valence electrons. The summed E-state index contributed by atoms with van der Waals surface area (Å²) < 4.78 is 22.6. The molecule has 4 rings (SSSR count). The standard InChI is InChI=1S/C21H21Cl2FN6O/c1-12(19-16(22)9-25-10-17(19)23)31-14-6-15-20(27-28-21(15)18(24)7-14)13-8-26-30(11-13)5-4-29(2)3/h6-12H,4-5H2,1-3H3,(H,27,28)/t12-/m1/s1. The van der Waals surface area contributed by atoms with Crippen LogP contribution < -0.4 is 4.74 Å². The number of pyridine rings is 1. The van der Waals surface area contributed by atoms with E-state index in [1.54, 1.807) is 19.2 Å². The highest BCUT2D eigenvalue weighted by Crippen LogP contribution is 2.35. The third-order valence-electron chi connectivity index (χ3n) is 4.89. The molecule has 0 radical (unpaired) electrons. The lowest BCUT2D eigenvalue weighted by Gasteiger charge is -2.17. The number of hydrogen-bond acceptors (Lipinski definition) is 5. The summed E-state index contributed by atoms with van der Waals surface area (Å²) in [6.07, 6.45) is 6.09. The minimum atomic E-state index is -0.510. The van der Waals surface area contributed by atoms with E-state index in [0.717, 1.165) is 18.7 Å². The van der Waals surface area contributed by atoms with Gasteiger partial charge in [0.05, 0.1) is 22.8 Å². The number of halogens is 3. The van der Waals surface area contributed by atoms with Gasteiger partial charge in [0.2, 0.25) is 0 Å². The Morgan fingerprint density at radius 2 is 1.94 bits per heavy atom. The molecule has 0 aliphatic heterocycles. The van der Waals surface area contributed by atoms with Crippen LogP contribution in [0.5, 0.6) is 5.75 Å². The first-order valence-electron chi connectivity index (χ1n) is 9.64. The van der Waals surface area contributed by atoms with Crippen LogP contribution in [-0.2, 0) is 6.54 Å². The summed E-state index contributed by atoms with van der Waals surface area (Å²) >= 11 is 12.4. The molecule has 31 heavy (non-hydrogen) atoms. The molecule has 0 fully saturated rings. The topological polar surface area (TPSA) is 71.9 Å². The molecule has 1 aromatic carbocycles. The Bertz CT molecular complexity index is 1200. The Hall–Kier alpha value is -2.68. The maximum Gasteiger partial charge on any atom is 0.152 e. The van der Waals surface area contributed by atoms with Crippen molar-refractivity contribution in [1.29, 1.82) is 0 Å². The number of fused-ring (bicyclic) bond motifs is 1. The summed E-state index contributed by atoms with van der Waals surface area (Å²) in [5.41, 5.74) is 2.28. The number of likely N-dealkylation sites (N-methyl/N-ethyl adjacent to an activating group) is 1. The second-order valence-electron chi connectivity index (χ2n) is 7.47. The first-order chi connectivity index (χ1) is 14.8. The van der Waals surface area contributed by atoms with Gasteiger partial charge < -0.3 is 9.64 Å². The second kappa shape index (κ2) is 8.82. The third kappa shape index (κ3) is 4.51. The van der Waals surface area contributed by atoms with Crippen molar-refractivity contribution in [2.45, 2.75) is 19.6 Å². The van der Waals surface area contributed by atoms with E-state index in [0.29, 0.717) is 38.0 Å². The Morgan fingerprint density at radius 1 is 1.19 bits per heavy atom. The van der Waals surface area contributed by atoms with E-state index in [1.165, 1.54) is 18.5 Å². The van der Waals surface area contributed by atoms with Crippen molar-refractivity contribution in [3.8, 4) is 17.0 Å². The summed E-state index contributed by atoms with van der Waals surface area (Å²) in [5.74, 6) is -0.130. The van der Waals surface area contributed by atoms with Crippen molar-refractivity contribution in [2.75, 3.05) is 20.6 Å². The van der Waals surface area contributed by atoms with Gasteiger partial charge in [-0.05, 0) is 27.1 Å². The SMILES string of the molecule is C[C@@H](Oc1cc(F)c2[nH]nc(-c3cnn(CCN(C)C)c3)c2c1)c1c(Cl)cncc1Cl. The van der Waals surface area contributed by atoms with Crippen molar-refractivity contribution in [3.05, 3.63) is 58.3 Å². The molecule has 0 amide bonds. The van der Waals surface area contributed by atoms with Crippen LogP contribution >= 0.6 is 23.2 Å². The molecular formula is C21H21Cl2FN6O. The number of hydrogen-bond donors (Lipinski definition) is 1. The van der Waals surface area contributed by atoms with E-state index in [1.807, 2.05) is 25.0 Å². The van der Waals surface area contributed by atoms with E-state index in [2.05, 4.69) is 25.2 Å². The molecule has 0 saturated carbocycles. The summed E-state index contributed by atoms with van der Waals surface area (Å²) in [6.45, 7) is 3.39. The monoisotopic (exact) mass is 462 g/mol. The molecule has 0 bridgehead atoms. The van der Waals surface area contributed by atoms with Crippen molar-refractivity contribution in [2.24, 2.45) is 0 Å². The van der Waals surface area contributed by atoms with E-state index >= 15 is 0 Å². The van der Waals surface area contributed by atoms with E-state index in [4.69, 9.17) is 27.9 Å². The summed E-state index contributed by atoms with van der Waals surface area (Å²) in [4.78, 5) is 6.03. The van der Waals surface area contributed by atoms with Crippen LogP contribution in [0.25, 0.3) is 22.2 Å². The van der Waals surface area contributed by atoms with Gasteiger partial charge in [-0.1, -0.05) is 23.2 Å². The minimum Gasteiger partial charge on any atom is -0.486 e. The highest BCUT2D eigenvalue weighted by atomic mass is 35.5. The number of aromatic nitrogens is 5. The number of rotatable bonds is 7. The van der Waals surface area contributed by atoms with Crippen LogP contribution in [0, 0.1) is 5.82 Å². The number of H-pyrrole nitrogens is 1. The predicted octanol–water partition coefficient (Wildman–Crippen LogP) is 4.97. The van der Waals surface area contributed by atoms with E-state index < -0.39 is 11.9 Å². The average molecular weight is 463 g/mol. The van der Waals surface area contributed by atoms with Crippen molar-refractivity contribution >= 4 is 34.1 Å². The quantitative estimate of drug-likeness (QED) is 0.419. The van der Waals surface area contributed by atoms with Gasteiger partial charge in [0.1, 0.15) is 23.1 Å². The predicted molar refractivity (Wildman–Crippen MR) is 119 cm³/mol. The molecule has 0 unspecified atom stereocenters. The molecule has 3 aromatic heterocycles. The Kier molecular flexibility index (Phi) is 6.13. The molecule has 0 aliphatic carbocycles. The maximum atomic E-state index is 14.8. The zero-order valence-electron chi connectivity index (χ0n) is 17.2. The number of benzene rings is 1. The molecule has 0 spiro atoms. The fourth-order valence-corrected chi connectivity index (χ4v) is 4.00. The van der Waals surface area contributed by atoms with Crippen LogP contribution in [0.1, 0.15) is 18.6 Å². The maximum absolute atomic E-state index is 14.8. The van der Waals surface area contributed by atoms with Crippen molar-refractivity contribution in [3.63, 3.8) is 0 Å². The Morgan fingerprint density at radius 3 is 2.65 bits per heavy atom. The van der Waals surface area contributed by atoms with Gasteiger partial charge in [0.25, 0.3) is 0 Å². The first-order valence-corrected chi connectivity index (χ1v) is 10.4. The van der Waals surface area contributed by atoms with Gasteiger partial charge >= 0.3 is 0 Å². The minimum absolute atomic E-state index is 0.302. The Labute approximate surface area is 188 Å². The van der Waals surface area contributed by atoms with Crippen LogP contribution in [0.3, 0.4) is 0 Å². The van der Waals surface area contributed by atoms with Crippen molar-refractivity contribution < 1.29 is 9.13 Å². The lowest BCUT2D eigenvalue weighted by atomic mass is 10.1. The largest absolute Gasteiger partial charge is 0.486 e. The zero-order chi connectivity index (χ0) is 22.1. The molecule has 7 nitrogen and oxygen atoms in total. The highest BCUT2D eigenvalue weighted by Gasteiger charge is 2.19. The molecule has 10 heteroatoms. The van der Waals surface area contributed by atoms with E-state index in [-0.39, 0.29) is 0 Å². The van der Waals surface area contributed by atoms with Crippen LogP contribution in [0.4, 0.5) is 4.39 Å². The fraction of sp³-hybridized carbons (Fsp3) is 0.286. The first kappa shape index (κ1) is 21.5. The number of nitrogens with zero attached hydrogens (tertiary/aromatic N) is 5. The van der Waals surface area contributed by atoms with Crippen molar-refractivity contribution in [1.82, 2.24) is 29.9 Å². The normalized spacial score (nSPS) is 12.6. The van der Waals surface area contributed by atoms with Crippen LogP contribution in [-0.4, -0.2) is 50.5 Å². The molecule has 1 N–H and O–H groups in total. The molecular weight excluding hydrogens is 442 g/mol. The highest BCUT2D eigenvalue weighted by molar-refractivity contribution is 6.35. The third-order valence-corrected chi connectivity index (χ3v) is 5.49. The number of ether oxygens (including phenoxy) is 1. The number of aromatic amines is 1. The van der Waals surface area contributed by atoms with Gasteiger partial charge in [-0.3, -0.25) is 14.8 Å². The van der Waals surface area contributed by atoms with E-state index in [9.17, 15) is 4.39 Å². The molecule has 0 saturated heterocycles. The molecule has 4 aromatic rings. The lowest BCUT2D eigenvalue weighted by molar-refractivity contribution is 0.226. The summed E-state index contributed by atoms with van der Waals surface area (Å²) in [5, 5.41) is 12.8. The van der Waals surface area contributed by atoms with Gasteiger partial charge in [0.15, 0.2) is 5.82 Å². The smallest absolute Gasteiger partial charge is 0.152 e. The van der Waals surface area contributed by atoms with Crippen LogP contribution in [0.2, 0.25) is 10.0 Å². The van der Waals surface area contributed by atoms with Gasteiger partial charge in [-0.25, -0.2) is 4.39 Å². The average Bonchev–Trinajstić information content (AvgIpc) is 3.33. The summed E-state index contributed by atoms with van der Waals surface area (Å²) in [6, 6.07) is 3.05. The fourth-order valence-electron chi connectivity index (χ4n) is 3.33. The second-order valence-corrected chi connectivity index (χ2v) is 8.29. The lowest BCUT2D eigenvalue weighted by Crippen LogP contribution is -2.18. The molecule has 1 atom stereocenters. The van der Waals surface area contributed by atoms with Crippen LogP contribution in [0.15, 0.2) is 36.9 Å². The van der Waals surface area contributed by atoms with Gasteiger partial charge in [-0.2, -0.15) is 10.2 Å². The van der Waals surface area contributed by atoms with Gasteiger partial charge in [0, 0.05) is 47.7 Å². The number of nitrogens with one attached hydrogen (secondary N) is 1. The molecule has 3 heterocycles. The Balaban J connectivity index is 1.65. The summed E-state index contributed by atoms with van der Waals surface area (Å²) in [7, 11) is 4.01.